The van der Waals surface area contributed by atoms with Crippen LogP contribution in [-0.4, -0.2) is 47.6 Å². The number of carbonyl (C=O) groups is 2. The molecule has 240 valence electrons. The van der Waals surface area contributed by atoms with Gasteiger partial charge in [-0.1, -0.05) is 69.2 Å². The molecule has 1 unspecified atom stereocenters. The van der Waals surface area contributed by atoms with E-state index in [9.17, 15) is 23.5 Å². The lowest BCUT2D eigenvalue weighted by Crippen LogP contribution is -2.51. The molecule has 44 heavy (non-hydrogen) atoms. The number of nitrogens with two attached hydrogens (primary N) is 1. The van der Waals surface area contributed by atoms with Crippen LogP contribution < -0.4 is 11.1 Å². The van der Waals surface area contributed by atoms with Gasteiger partial charge in [-0.05, 0) is 74.3 Å². The lowest BCUT2D eigenvalue weighted by molar-refractivity contribution is -0.132. The number of aliphatic hydroxyl groups excluding tert-OH is 1. The number of benzene rings is 2. The molecule has 0 spiro atoms. The molecule has 0 saturated heterocycles. The third-order valence-electron chi connectivity index (χ3n) is 8.37. The number of halogens is 2. The number of aryl methyl sites for hydroxylation is 1. The van der Waals surface area contributed by atoms with Gasteiger partial charge < -0.3 is 21.1 Å². The van der Waals surface area contributed by atoms with E-state index in [2.05, 4.69) is 24.4 Å². The number of unbranched alkanes of at least 4 members (excludes halogenated alkanes) is 1. The minimum atomic E-state index is -1.46. The summed E-state index contributed by atoms with van der Waals surface area (Å²) in [6.07, 6.45) is 7.11. The van der Waals surface area contributed by atoms with E-state index < -0.39 is 35.0 Å². The average Bonchev–Trinajstić information content (AvgIpc) is 2.97. The molecule has 0 saturated carbocycles. The molecule has 0 heterocycles. The summed E-state index contributed by atoms with van der Waals surface area (Å²) in [7, 11) is 0. The third kappa shape index (κ3) is 9.32. The summed E-state index contributed by atoms with van der Waals surface area (Å²) >= 11 is 0. The zero-order chi connectivity index (χ0) is 32.3. The molecule has 3 atom stereocenters. The molecule has 0 bridgehead atoms. The monoisotopic (exact) mass is 609 g/mol. The van der Waals surface area contributed by atoms with E-state index in [0.717, 1.165) is 43.7 Å². The van der Waals surface area contributed by atoms with Crippen molar-refractivity contribution in [3.05, 3.63) is 94.1 Å². The fraction of sp³-hybridized carbons (Fsp3) is 0.500. The molecule has 0 radical (unpaired) electrons. The predicted octanol–water partition coefficient (Wildman–Crippen LogP) is 6.01. The number of aliphatic hydroxyl groups is 1. The van der Waals surface area contributed by atoms with Gasteiger partial charge in [-0.3, -0.25) is 9.59 Å². The van der Waals surface area contributed by atoms with Crippen molar-refractivity contribution in [3.8, 4) is 0 Å². The molecule has 2 aromatic rings. The second-order valence-electron chi connectivity index (χ2n) is 12.1. The highest BCUT2D eigenvalue weighted by Gasteiger charge is 2.48. The standard InChI is InChI=1S/C36H49F2N3O3/c1-5-8-10-26-11-9-12-27(16-26)23-40-24-33(42)32(19-28-17-30(37)20-31(38)18-28)36(35(39)44)21-25(4)15-29(22-36)34(43)41(13-6-2)14-7-3/h9,11-12,15-18,20-21,32-33,40,42H,5-8,10,13-14,19,22-24H2,1-4H3,(H2,39,44)/t32-,33+,36?/m1/s1. The van der Waals surface area contributed by atoms with Crippen LogP contribution in [0.25, 0.3) is 0 Å². The highest BCUT2D eigenvalue weighted by Crippen LogP contribution is 2.44. The minimum Gasteiger partial charge on any atom is -0.391 e. The number of nitrogens with one attached hydrogen (secondary N) is 1. The molecule has 3 rings (SSSR count). The number of hydrogen-bond acceptors (Lipinski definition) is 4. The zero-order valence-corrected chi connectivity index (χ0v) is 26.7. The Labute approximate surface area is 261 Å². The van der Waals surface area contributed by atoms with Gasteiger partial charge in [-0.25, -0.2) is 8.78 Å². The van der Waals surface area contributed by atoms with Crippen LogP contribution >= 0.6 is 0 Å². The fourth-order valence-electron chi connectivity index (χ4n) is 6.34. The first kappa shape index (κ1) is 35.1. The van der Waals surface area contributed by atoms with Crippen molar-refractivity contribution in [1.82, 2.24) is 10.2 Å². The molecule has 1 aliphatic carbocycles. The minimum absolute atomic E-state index is 0.0125. The molecule has 0 aliphatic heterocycles. The maximum atomic E-state index is 14.3. The number of allylic oxidation sites excluding steroid dienone is 2. The van der Waals surface area contributed by atoms with Gasteiger partial charge in [0.25, 0.3) is 0 Å². The molecule has 6 nitrogen and oxygen atoms in total. The van der Waals surface area contributed by atoms with Crippen molar-refractivity contribution >= 4 is 11.8 Å². The normalized spacial score (nSPS) is 17.9. The van der Waals surface area contributed by atoms with Crippen molar-refractivity contribution in [2.75, 3.05) is 19.6 Å². The lowest BCUT2D eigenvalue weighted by Gasteiger charge is -2.42. The van der Waals surface area contributed by atoms with Crippen LogP contribution in [0.15, 0.2) is 65.8 Å². The average molecular weight is 610 g/mol. The SMILES string of the molecule is CCCCc1cccc(CNC[C@H](O)[C@@H](Cc2cc(F)cc(F)c2)C2(C(N)=O)C=C(C)C=C(C(=O)N(CCC)CCC)C2)c1. The fourth-order valence-corrected chi connectivity index (χ4v) is 6.34. The second-order valence-corrected chi connectivity index (χ2v) is 12.1. The summed E-state index contributed by atoms with van der Waals surface area (Å²) in [4.78, 5) is 28.9. The number of carbonyl (C=O) groups excluding carboxylic acids is 2. The summed E-state index contributed by atoms with van der Waals surface area (Å²) in [6.45, 7) is 9.71. The van der Waals surface area contributed by atoms with Crippen molar-refractivity contribution in [1.29, 1.82) is 0 Å². The maximum absolute atomic E-state index is 14.3. The highest BCUT2D eigenvalue weighted by molar-refractivity contribution is 5.97. The smallest absolute Gasteiger partial charge is 0.249 e. The topological polar surface area (TPSA) is 95.7 Å². The van der Waals surface area contributed by atoms with Crippen LogP contribution in [0.2, 0.25) is 0 Å². The molecule has 0 aromatic heterocycles. The molecule has 0 fully saturated rings. The maximum Gasteiger partial charge on any atom is 0.249 e. The van der Waals surface area contributed by atoms with Crippen LogP contribution in [0.1, 0.15) is 76.5 Å². The van der Waals surface area contributed by atoms with Crippen molar-refractivity contribution < 1.29 is 23.5 Å². The van der Waals surface area contributed by atoms with Gasteiger partial charge >= 0.3 is 0 Å². The third-order valence-corrected chi connectivity index (χ3v) is 8.37. The van der Waals surface area contributed by atoms with Gasteiger partial charge in [0.05, 0.1) is 11.5 Å². The number of hydrogen-bond donors (Lipinski definition) is 3. The predicted molar refractivity (Wildman–Crippen MR) is 172 cm³/mol. The first-order valence-corrected chi connectivity index (χ1v) is 15.9. The first-order valence-electron chi connectivity index (χ1n) is 15.9. The number of primary amides is 1. The molecule has 2 amide bonds. The van der Waals surface area contributed by atoms with Crippen LogP contribution in [0.5, 0.6) is 0 Å². The zero-order valence-electron chi connectivity index (χ0n) is 26.7. The highest BCUT2D eigenvalue weighted by atomic mass is 19.1. The lowest BCUT2D eigenvalue weighted by atomic mass is 9.63. The Balaban J connectivity index is 1.94. The summed E-state index contributed by atoms with van der Waals surface area (Å²) in [5.74, 6) is -3.23. The van der Waals surface area contributed by atoms with E-state index in [1.165, 1.54) is 17.7 Å². The van der Waals surface area contributed by atoms with Gasteiger partial charge in [0, 0.05) is 43.7 Å². The molecule has 4 N–H and O–H groups in total. The Morgan fingerprint density at radius 1 is 1.00 bits per heavy atom. The van der Waals surface area contributed by atoms with E-state index in [0.29, 0.717) is 36.3 Å². The number of amides is 2. The van der Waals surface area contributed by atoms with Crippen LogP contribution in [0.3, 0.4) is 0 Å². The summed E-state index contributed by atoms with van der Waals surface area (Å²) < 4.78 is 28.5. The molecule has 8 heteroatoms. The van der Waals surface area contributed by atoms with Crippen molar-refractivity contribution in [2.24, 2.45) is 17.1 Å². The Hall–Kier alpha value is -3.36. The molecule has 2 aromatic carbocycles. The largest absolute Gasteiger partial charge is 0.391 e. The second kappa shape index (κ2) is 16.6. The van der Waals surface area contributed by atoms with E-state index in [4.69, 9.17) is 5.73 Å². The van der Waals surface area contributed by atoms with Crippen LogP contribution in [0.4, 0.5) is 8.78 Å². The molecular formula is C36H49F2N3O3. The first-order chi connectivity index (χ1) is 21.0. The van der Waals surface area contributed by atoms with Gasteiger partial charge in [-0.2, -0.15) is 0 Å². The Kier molecular flexibility index (Phi) is 13.3. The summed E-state index contributed by atoms with van der Waals surface area (Å²) in [5.41, 5.74) is 8.39. The van der Waals surface area contributed by atoms with Crippen molar-refractivity contribution in [3.63, 3.8) is 0 Å². The Morgan fingerprint density at radius 3 is 2.27 bits per heavy atom. The summed E-state index contributed by atoms with van der Waals surface area (Å²) in [5, 5.41) is 15.0. The number of rotatable bonds is 17. The Bertz CT molecular complexity index is 1320. The van der Waals surface area contributed by atoms with Gasteiger partial charge in [-0.15, -0.1) is 0 Å². The van der Waals surface area contributed by atoms with Gasteiger partial charge in [0.2, 0.25) is 11.8 Å². The molecular weight excluding hydrogens is 560 g/mol. The van der Waals surface area contributed by atoms with E-state index in [1.807, 2.05) is 26.0 Å². The van der Waals surface area contributed by atoms with E-state index in [-0.39, 0.29) is 25.3 Å². The quantitative estimate of drug-likeness (QED) is 0.205. The van der Waals surface area contributed by atoms with Crippen LogP contribution in [0, 0.1) is 23.0 Å². The van der Waals surface area contributed by atoms with Crippen molar-refractivity contribution in [2.45, 2.75) is 85.3 Å². The van der Waals surface area contributed by atoms with E-state index >= 15 is 0 Å². The van der Waals surface area contributed by atoms with Gasteiger partial charge in [0.1, 0.15) is 11.6 Å². The Morgan fingerprint density at radius 2 is 1.66 bits per heavy atom. The summed E-state index contributed by atoms with van der Waals surface area (Å²) in [6, 6.07) is 11.5. The van der Waals surface area contributed by atoms with Gasteiger partial charge in [0.15, 0.2) is 0 Å². The van der Waals surface area contributed by atoms with Crippen LogP contribution in [-0.2, 0) is 29.0 Å². The number of nitrogens with zero attached hydrogens (tertiary/aromatic N) is 1. The van der Waals surface area contributed by atoms with E-state index in [1.54, 1.807) is 24.0 Å². The molecule has 1 aliphatic rings.